The quantitative estimate of drug-likeness (QED) is 0.808. The minimum absolute atomic E-state index is 0.0754. The van der Waals surface area contributed by atoms with E-state index in [9.17, 15) is 4.79 Å². The molecule has 0 unspecified atom stereocenters. The van der Waals surface area contributed by atoms with E-state index in [2.05, 4.69) is 17.4 Å². The number of likely N-dealkylation sites (tertiary alicyclic amines) is 1. The van der Waals surface area contributed by atoms with E-state index < -0.39 is 0 Å². The predicted octanol–water partition coefficient (Wildman–Crippen LogP) is 3.19. The molecule has 1 N–H and O–H groups in total. The SMILES string of the molecule is O=C(Nc1cccc2c1CCCC2)N1CCCC1. The standard InChI is InChI=1S/C15H20N2O/c18-15(17-10-3-4-11-17)16-14-9-5-7-12-6-1-2-8-13(12)14/h5,7,9H,1-4,6,8,10-11H2,(H,16,18). The Morgan fingerprint density at radius 1 is 1.06 bits per heavy atom. The Morgan fingerprint density at radius 2 is 1.83 bits per heavy atom. The molecule has 0 bridgehead atoms. The van der Waals surface area contributed by atoms with Crippen LogP contribution in [0.25, 0.3) is 0 Å². The van der Waals surface area contributed by atoms with Gasteiger partial charge in [0.2, 0.25) is 0 Å². The van der Waals surface area contributed by atoms with Crippen LogP contribution in [-0.4, -0.2) is 24.0 Å². The number of carbonyl (C=O) groups is 1. The van der Waals surface area contributed by atoms with Gasteiger partial charge in [-0.2, -0.15) is 0 Å². The number of urea groups is 1. The van der Waals surface area contributed by atoms with Gasteiger partial charge in [0.25, 0.3) is 0 Å². The van der Waals surface area contributed by atoms with Crippen LogP contribution >= 0.6 is 0 Å². The lowest BCUT2D eigenvalue weighted by Gasteiger charge is -2.22. The van der Waals surface area contributed by atoms with E-state index in [4.69, 9.17) is 0 Å². The normalized spacial score (nSPS) is 18.6. The van der Waals surface area contributed by atoms with Gasteiger partial charge in [0, 0.05) is 18.8 Å². The summed E-state index contributed by atoms with van der Waals surface area (Å²) in [6.07, 6.45) is 7.05. The molecule has 0 radical (unpaired) electrons. The van der Waals surface area contributed by atoms with Crippen molar-refractivity contribution in [2.45, 2.75) is 38.5 Å². The molecule has 0 saturated carbocycles. The molecule has 1 fully saturated rings. The number of nitrogens with zero attached hydrogens (tertiary/aromatic N) is 1. The number of hydrogen-bond acceptors (Lipinski definition) is 1. The van der Waals surface area contributed by atoms with Gasteiger partial charge in [-0.25, -0.2) is 4.79 Å². The Kier molecular flexibility index (Phi) is 3.22. The number of carbonyl (C=O) groups excluding carboxylic acids is 1. The zero-order valence-electron chi connectivity index (χ0n) is 10.7. The highest BCUT2D eigenvalue weighted by molar-refractivity contribution is 5.90. The molecule has 1 aromatic carbocycles. The zero-order chi connectivity index (χ0) is 12.4. The van der Waals surface area contributed by atoms with Gasteiger partial charge in [0.1, 0.15) is 0 Å². The van der Waals surface area contributed by atoms with E-state index in [0.29, 0.717) is 0 Å². The molecule has 1 aliphatic heterocycles. The molecule has 1 saturated heterocycles. The minimum Gasteiger partial charge on any atom is -0.325 e. The second kappa shape index (κ2) is 5.01. The van der Waals surface area contributed by atoms with Gasteiger partial charge in [0.15, 0.2) is 0 Å². The third kappa shape index (κ3) is 2.22. The topological polar surface area (TPSA) is 32.3 Å². The minimum atomic E-state index is 0.0754. The van der Waals surface area contributed by atoms with Crippen molar-refractivity contribution >= 4 is 11.7 Å². The van der Waals surface area contributed by atoms with E-state index >= 15 is 0 Å². The van der Waals surface area contributed by atoms with Crippen LogP contribution in [0.3, 0.4) is 0 Å². The summed E-state index contributed by atoms with van der Waals surface area (Å²) in [5.41, 5.74) is 3.81. The maximum Gasteiger partial charge on any atom is 0.321 e. The van der Waals surface area contributed by atoms with Crippen molar-refractivity contribution in [2.75, 3.05) is 18.4 Å². The monoisotopic (exact) mass is 244 g/mol. The number of rotatable bonds is 1. The van der Waals surface area contributed by atoms with E-state index in [1.807, 2.05) is 11.0 Å². The van der Waals surface area contributed by atoms with Crippen molar-refractivity contribution in [3.8, 4) is 0 Å². The number of nitrogens with one attached hydrogen (secondary N) is 1. The summed E-state index contributed by atoms with van der Waals surface area (Å²) >= 11 is 0. The molecular formula is C15H20N2O. The van der Waals surface area contributed by atoms with Crippen molar-refractivity contribution in [3.05, 3.63) is 29.3 Å². The number of fused-ring (bicyclic) bond motifs is 1. The second-order valence-corrected chi connectivity index (χ2v) is 5.27. The van der Waals surface area contributed by atoms with Gasteiger partial charge < -0.3 is 10.2 Å². The molecule has 0 atom stereocenters. The van der Waals surface area contributed by atoms with Crippen LogP contribution < -0.4 is 5.32 Å². The fourth-order valence-electron chi connectivity index (χ4n) is 3.01. The first-order valence-corrected chi connectivity index (χ1v) is 7.01. The molecule has 18 heavy (non-hydrogen) atoms. The van der Waals surface area contributed by atoms with Crippen LogP contribution in [0.2, 0.25) is 0 Å². The number of amides is 2. The van der Waals surface area contributed by atoms with Crippen LogP contribution in [0.1, 0.15) is 36.8 Å². The van der Waals surface area contributed by atoms with Gasteiger partial charge in [-0.3, -0.25) is 0 Å². The van der Waals surface area contributed by atoms with Crippen LogP contribution in [0.15, 0.2) is 18.2 Å². The molecule has 3 heteroatoms. The highest BCUT2D eigenvalue weighted by Gasteiger charge is 2.20. The van der Waals surface area contributed by atoms with E-state index in [-0.39, 0.29) is 6.03 Å². The maximum atomic E-state index is 12.1. The van der Waals surface area contributed by atoms with Crippen molar-refractivity contribution in [1.82, 2.24) is 4.90 Å². The number of benzene rings is 1. The Bertz CT molecular complexity index is 450. The molecule has 1 heterocycles. The maximum absolute atomic E-state index is 12.1. The second-order valence-electron chi connectivity index (χ2n) is 5.27. The first-order chi connectivity index (χ1) is 8.84. The summed E-state index contributed by atoms with van der Waals surface area (Å²) in [6.45, 7) is 1.81. The average molecular weight is 244 g/mol. The van der Waals surface area contributed by atoms with Crippen molar-refractivity contribution in [2.24, 2.45) is 0 Å². The fourth-order valence-corrected chi connectivity index (χ4v) is 3.01. The van der Waals surface area contributed by atoms with Crippen LogP contribution in [0.4, 0.5) is 10.5 Å². The number of aryl methyl sites for hydroxylation is 1. The average Bonchev–Trinajstić information content (AvgIpc) is 2.93. The lowest BCUT2D eigenvalue weighted by atomic mass is 9.90. The summed E-state index contributed by atoms with van der Waals surface area (Å²) < 4.78 is 0. The molecule has 0 aromatic heterocycles. The lowest BCUT2D eigenvalue weighted by Crippen LogP contribution is -2.32. The van der Waals surface area contributed by atoms with E-state index in [1.165, 1.54) is 24.0 Å². The van der Waals surface area contributed by atoms with Crippen LogP contribution in [0.5, 0.6) is 0 Å². The first-order valence-electron chi connectivity index (χ1n) is 7.01. The molecule has 96 valence electrons. The van der Waals surface area contributed by atoms with Crippen LogP contribution in [0, 0.1) is 0 Å². The van der Waals surface area contributed by atoms with Gasteiger partial charge >= 0.3 is 6.03 Å². The summed E-state index contributed by atoms with van der Waals surface area (Å²) in [6, 6.07) is 6.37. The third-order valence-electron chi connectivity index (χ3n) is 4.03. The van der Waals surface area contributed by atoms with Crippen molar-refractivity contribution in [1.29, 1.82) is 0 Å². The Balaban J connectivity index is 1.77. The number of hydrogen-bond donors (Lipinski definition) is 1. The van der Waals surface area contributed by atoms with Crippen molar-refractivity contribution in [3.63, 3.8) is 0 Å². The molecule has 3 nitrogen and oxygen atoms in total. The summed E-state index contributed by atoms with van der Waals surface area (Å²) in [4.78, 5) is 14.0. The van der Waals surface area contributed by atoms with Crippen LogP contribution in [-0.2, 0) is 12.8 Å². The van der Waals surface area contributed by atoms with E-state index in [1.54, 1.807) is 0 Å². The highest BCUT2D eigenvalue weighted by Crippen LogP contribution is 2.28. The molecule has 0 spiro atoms. The highest BCUT2D eigenvalue weighted by atomic mass is 16.2. The molecular weight excluding hydrogens is 224 g/mol. The zero-order valence-corrected chi connectivity index (χ0v) is 10.7. The Morgan fingerprint density at radius 3 is 2.67 bits per heavy atom. The molecule has 1 aliphatic carbocycles. The van der Waals surface area contributed by atoms with Gasteiger partial charge in [0.05, 0.1) is 0 Å². The summed E-state index contributed by atoms with van der Waals surface area (Å²) in [7, 11) is 0. The van der Waals surface area contributed by atoms with Gasteiger partial charge in [-0.1, -0.05) is 12.1 Å². The molecule has 1 aromatic rings. The van der Waals surface area contributed by atoms with Gasteiger partial charge in [-0.15, -0.1) is 0 Å². The Labute approximate surface area is 108 Å². The smallest absolute Gasteiger partial charge is 0.321 e. The largest absolute Gasteiger partial charge is 0.325 e. The van der Waals surface area contributed by atoms with Gasteiger partial charge in [-0.05, 0) is 55.7 Å². The third-order valence-corrected chi connectivity index (χ3v) is 4.03. The fraction of sp³-hybridized carbons (Fsp3) is 0.533. The Hall–Kier alpha value is -1.51. The van der Waals surface area contributed by atoms with E-state index in [0.717, 1.165) is 44.5 Å². The number of anilines is 1. The molecule has 3 rings (SSSR count). The van der Waals surface area contributed by atoms with Crippen molar-refractivity contribution < 1.29 is 4.79 Å². The predicted molar refractivity (Wildman–Crippen MR) is 72.9 cm³/mol. The molecule has 2 aliphatic rings. The molecule has 2 amide bonds. The first kappa shape index (κ1) is 11.6. The lowest BCUT2D eigenvalue weighted by molar-refractivity contribution is 0.222. The summed E-state index contributed by atoms with van der Waals surface area (Å²) in [5.74, 6) is 0. The summed E-state index contributed by atoms with van der Waals surface area (Å²) in [5, 5.41) is 3.10.